The average molecular weight is 345 g/mol. The summed E-state index contributed by atoms with van der Waals surface area (Å²) in [4.78, 5) is 18.3. The van der Waals surface area contributed by atoms with Gasteiger partial charge in [0, 0.05) is 26.2 Å². The minimum absolute atomic E-state index is 0.885. The third-order valence-electron chi connectivity index (χ3n) is 4.79. The number of imidazole rings is 1. The number of piperazine rings is 1. The summed E-state index contributed by atoms with van der Waals surface area (Å²) in [5.41, 5.74) is 3.74. The summed E-state index contributed by atoms with van der Waals surface area (Å²) >= 11 is 0. The molecule has 7 heteroatoms. The van der Waals surface area contributed by atoms with Gasteiger partial charge in [0.2, 0.25) is 0 Å². The lowest BCUT2D eigenvalue weighted by molar-refractivity contribution is 0.636. The zero-order chi connectivity index (χ0) is 17.5. The van der Waals surface area contributed by atoms with Crippen molar-refractivity contribution in [1.82, 2.24) is 24.6 Å². The Morgan fingerprint density at radius 1 is 0.808 bits per heavy atom. The van der Waals surface area contributed by atoms with E-state index in [1.165, 1.54) is 0 Å². The molecule has 1 aromatic carbocycles. The Labute approximate surface area is 150 Å². The van der Waals surface area contributed by atoms with Crippen LogP contribution in [0.4, 0.5) is 11.6 Å². The van der Waals surface area contributed by atoms with Gasteiger partial charge in [0.05, 0.1) is 29.1 Å². The van der Waals surface area contributed by atoms with E-state index < -0.39 is 0 Å². The van der Waals surface area contributed by atoms with E-state index in [0.29, 0.717) is 0 Å². The highest BCUT2D eigenvalue weighted by Gasteiger charge is 2.20. The third kappa shape index (κ3) is 2.61. The molecular formula is C19H19N7. The normalized spacial score (nSPS) is 15.1. The molecule has 0 amide bonds. The molecule has 1 saturated heterocycles. The molecular weight excluding hydrogens is 326 g/mol. The molecule has 3 aromatic heterocycles. The van der Waals surface area contributed by atoms with E-state index in [-0.39, 0.29) is 0 Å². The number of anilines is 2. The molecule has 0 saturated carbocycles. The number of fused-ring (bicyclic) bond motifs is 2. The first-order valence-corrected chi connectivity index (χ1v) is 8.81. The van der Waals surface area contributed by atoms with Crippen molar-refractivity contribution in [3.8, 4) is 0 Å². The number of benzene rings is 1. The average Bonchev–Trinajstić information content (AvgIpc) is 3.07. The fourth-order valence-electron chi connectivity index (χ4n) is 3.42. The number of aryl methyl sites for hydroxylation is 1. The molecule has 0 N–H and O–H groups in total. The standard InChI is InChI=1S/C19H19N7/c1-14-13-26-17(21-14)6-7-18(23-26)24-8-10-25(11-9-24)19-12-20-15-4-2-3-5-16(15)22-19/h2-7,12-13H,8-11H2,1H3. The van der Waals surface area contributed by atoms with Crippen LogP contribution in [-0.4, -0.2) is 50.7 Å². The first-order valence-electron chi connectivity index (χ1n) is 8.81. The zero-order valence-electron chi connectivity index (χ0n) is 14.6. The van der Waals surface area contributed by atoms with E-state index in [9.17, 15) is 0 Å². The third-order valence-corrected chi connectivity index (χ3v) is 4.79. The van der Waals surface area contributed by atoms with Crippen molar-refractivity contribution in [3.63, 3.8) is 0 Å². The summed E-state index contributed by atoms with van der Waals surface area (Å²) in [6.07, 6.45) is 3.83. The maximum absolute atomic E-state index is 4.76. The van der Waals surface area contributed by atoms with Gasteiger partial charge in [-0.05, 0) is 31.2 Å². The summed E-state index contributed by atoms with van der Waals surface area (Å²) in [5.74, 6) is 1.93. The van der Waals surface area contributed by atoms with Crippen molar-refractivity contribution in [2.75, 3.05) is 36.0 Å². The van der Waals surface area contributed by atoms with E-state index in [4.69, 9.17) is 10.1 Å². The van der Waals surface area contributed by atoms with Crippen LogP contribution in [0.3, 0.4) is 0 Å². The van der Waals surface area contributed by atoms with Gasteiger partial charge < -0.3 is 9.80 Å². The van der Waals surface area contributed by atoms with Crippen molar-refractivity contribution >= 4 is 28.3 Å². The van der Waals surface area contributed by atoms with Crippen LogP contribution < -0.4 is 9.80 Å². The summed E-state index contributed by atoms with van der Waals surface area (Å²) < 4.78 is 1.85. The van der Waals surface area contributed by atoms with E-state index >= 15 is 0 Å². The molecule has 130 valence electrons. The van der Waals surface area contributed by atoms with Gasteiger partial charge in [-0.2, -0.15) is 0 Å². The van der Waals surface area contributed by atoms with Crippen LogP contribution in [0.2, 0.25) is 0 Å². The van der Waals surface area contributed by atoms with Gasteiger partial charge in [0.25, 0.3) is 0 Å². The second kappa shape index (κ2) is 5.94. The maximum Gasteiger partial charge on any atom is 0.153 e. The molecule has 4 heterocycles. The number of hydrogen-bond donors (Lipinski definition) is 0. The lowest BCUT2D eigenvalue weighted by atomic mass is 10.3. The number of para-hydroxylation sites is 2. The van der Waals surface area contributed by atoms with Crippen molar-refractivity contribution < 1.29 is 0 Å². The topological polar surface area (TPSA) is 62.5 Å². The Morgan fingerprint density at radius 2 is 1.54 bits per heavy atom. The van der Waals surface area contributed by atoms with Crippen LogP contribution in [0.15, 0.2) is 48.8 Å². The second-order valence-corrected chi connectivity index (χ2v) is 6.57. The number of hydrogen-bond acceptors (Lipinski definition) is 6. The first-order chi connectivity index (χ1) is 12.8. The van der Waals surface area contributed by atoms with Crippen molar-refractivity contribution in [2.45, 2.75) is 6.92 Å². The largest absolute Gasteiger partial charge is 0.352 e. The Balaban J connectivity index is 1.34. The Bertz CT molecular complexity index is 1080. The Morgan fingerprint density at radius 3 is 2.35 bits per heavy atom. The number of rotatable bonds is 2. The molecule has 1 aliphatic rings. The molecule has 1 fully saturated rings. The fourth-order valence-corrected chi connectivity index (χ4v) is 3.42. The molecule has 4 aromatic rings. The van der Waals surface area contributed by atoms with Gasteiger partial charge in [-0.15, -0.1) is 5.10 Å². The lowest BCUT2D eigenvalue weighted by Gasteiger charge is -2.35. The Kier molecular flexibility index (Phi) is 3.44. The van der Waals surface area contributed by atoms with Gasteiger partial charge in [0.15, 0.2) is 5.65 Å². The molecule has 1 aliphatic heterocycles. The molecule has 0 aliphatic carbocycles. The highest BCUT2D eigenvalue weighted by atomic mass is 15.4. The summed E-state index contributed by atoms with van der Waals surface area (Å²) in [5, 5.41) is 4.69. The van der Waals surface area contributed by atoms with Crippen molar-refractivity contribution in [2.24, 2.45) is 0 Å². The van der Waals surface area contributed by atoms with Crippen LogP contribution in [0.25, 0.3) is 16.7 Å². The molecule has 0 unspecified atom stereocenters. The summed E-state index contributed by atoms with van der Waals surface area (Å²) in [7, 11) is 0. The molecule has 0 bridgehead atoms. The predicted octanol–water partition coefficient (Wildman–Crippen LogP) is 2.31. The summed E-state index contributed by atoms with van der Waals surface area (Å²) in [6.45, 7) is 5.59. The van der Waals surface area contributed by atoms with E-state index in [1.807, 2.05) is 60.2 Å². The monoisotopic (exact) mass is 345 g/mol. The van der Waals surface area contributed by atoms with Gasteiger partial charge in [0.1, 0.15) is 11.6 Å². The van der Waals surface area contributed by atoms with Crippen LogP contribution >= 0.6 is 0 Å². The van der Waals surface area contributed by atoms with Crippen LogP contribution in [0.5, 0.6) is 0 Å². The number of nitrogens with zero attached hydrogens (tertiary/aromatic N) is 7. The van der Waals surface area contributed by atoms with Gasteiger partial charge >= 0.3 is 0 Å². The SMILES string of the molecule is Cc1cn2nc(N3CCN(c4cnc5ccccc5n4)CC3)ccc2n1. The molecule has 0 spiro atoms. The quantitative estimate of drug-likeness (QED) is 0.556. The molecule has 7 nitrogen and oxygen atoms in total. The van der Waals surface area contributed by atoms with Crippen LogP contribution in [0, 0.1) is 6.92 Å². The first kappa shape index (κ1) is 15.1. The second-order valence-electron chi connectivity index (χ2n) is 6.57. The van der Waals surface area contributed by atoms with Crippen LogP contribution in [0.1, 0.15) is 5.69 Å². The maximum atomic E-state index is 4.76. The highest BCUT2D eigenvalue weighted by Crippen LogP contribution is 2.19. The number of aromatic nitrogens is 5. The lowest BCUT2D eigenvalue weighted by Crippen LogP contribution is -2.47. The molecule has 0 radical (unpaired) electrons. The van der Waals surface area contributed by atoms with E-state index in [0.717, 1.165) is 60.2 Å². The Hall–Kier alpha value is -3.22. The summed E-state index contributed by atoms with van der Waals surface area (Å²) in [6, 6.07) is 12.1. The minimum Gasteiger partial charge on any atom is -0.352 e. The molecule has 5 rings (SSSR count). The van der Waals surface area contributed by atoms with Gasteiger partial charge in [-0.25, -0.2) is 14.5 Å². The van der Waals surface area contributed by atoms with Crippen molar-refractivity contribution in [3.05, 3.63) is 54.5 Å². The minimum atomic E-state index is 0.885. The fraction of sp³-hybridized carbons (Fsp3) is 0.263. The van der Waals surface area contributed by atoms with Crippen molar-refractivity contribution in [1.29, 1.82) is 0 Å². The predicted molar refractivity (Wildman–Crippen MR) is 102 cm³/mol. The smallest absolute Gasteiger partial charge is 0.153 e. The van der Waals surface area contributed by atoms with E-state index in [2.05, 4.69) is 19.8 Å². The van der Waals surface area contributed by atoms with E-state index in [1.54, 1.807) is 0 Å². The highest BCUT2D eigenvalue weighted by molar-refractivity contribution is 5.75. The zero-order valence-corrected chi connectivity index (χ0v) is 14.6. The molecule has 26 heavy (non-hydrogen) atoms. The van der Waals surface area contributed by atoms with Crippen LogP contribution in [-0.2, 0) is 0 Å². The molecule has 0 atom stereocenters. The van der Waals surface area contributed by atoms with Gasteiger partial charge in [-0.1, -0.05) is 12.1 Å². The van der Waals surface area contributed by atoms with Gasteiger partial charge in [-0.3, -0.25) is 4.98 Å².